The van der Waals surface area contributed by atoms with E-state index in [2.05, 4.69) is 21.0 Å². The molecule has 0 radical (unpaired) electrons. The lowest BCUT2D eigenvalue weighted by molar-refractivity contribution is -0.123. The Morgan fingerprint density at radius 1 is 1.56 bits per heavy atom. The molecule has 0 bridgehead atoms. The summed E-state index contributed by atoms with van der Waals surface area (Å²) in [6.45, 7) is 5.51. The van der Waals surface area contributed by atoms with E-state index in [-0.39, 0.29) is 11.3 Å². The zero-order chi connectivity index (χ0) is 12.6. The second-order valence-corrected chi connectivity index (χ2v) is 5.41. The van der Waals surface area contributed by atoms with E-state index in [1.54, 1.807) is 6.20 Å². The predicted octanol–water partition coefficient (Wildman–Crippen LogP) is -0.0345. The minimum absolute atomic E-state index is 0.0848. The van der Waals surface area contributed by atoms with E-state index in [1.165, 1.54) is 0 Å². The standard InChI is InChI=1S/C12H19N5O/c1-12(3-5-13-8-12)11(18)16-10-2-4-15-17(10)9-6-14-7-9/h2,4,9,13-14H,3,5-8H2,1H3,(H,16,18). The third-order valence-corrected chi connectivity index (χ3v) is 3.93. The Hall–Kier alpha value is -1.40. The van der Waals surface area contributed by atoms with Crippen molar-refractivity contribution >= 4 is 11.7 Å². The first-order valence-corrected chi connectivity index (χ1v) is 6.45. The first-order chi connectivity index (χ1) is 8.69. The van der Waals surface area contributed by atoms with Crippen LogP contribution in [0.15, 0.2) is 12.3 Å². The van der Waals surface area contributed by atoms with Crippen LogP contribution in [-0.2, 0) is 4.79 Å². The van der Waals surface area contributed by atoms with E-state index in [0.717, 1.165) is 38.4 Å². The van der Waals surface area contributed by atoms with Crippen molar-refractivity contribution in [2.24, 2.45) is 5.41 Å². The van der Waals surface area contributed by atoms with Crippen molar-refractivity contribution in [3.8, 4) is 0 Å². The van der Waals surface area contributed by atoms with Crippen LogP contribution in [0.25, 0.3) is 0 Å². The second kappa shape index (κ2) is 4.37. The van der Waals surface area contributed by atoms with Gasteiger partial charge >= 0.3 is 0 Å². The van der Waals surface area contributed by atoms with Gasteiger partial charge in [-0.1, -0.05) is 0 Å². The Kier molecular flexibility index (Phi) is 2.83. The topological polar surface area (TPSA) is 71.0 Å². The molecule has 0 saturated carbocycles. The summed E-state index contributed by atoms with van der Waals surface area (Å²) in [5, 5.41) is 13.8. The number of hydrogen-bond donors (Lipinski definition) is 3. The highest BCUT2D eigenvalue weighted by Crippen LogP contribution is 2.27. The highest BCUT2D eigenvalue weighted by molar-refractivity contribution is 5.94. The zero-order valence-corrected chi connectivity index (χ0v) is 10.6. The van der Waals surface area contributed by atoms with E-state index in [9.17, 15) is 4.79 Å². The fraction of sp³-hybridized carbons (Fsp3) is 0.667. The Labute approximate surface area is 106 Å². The van der Waals surface area contributed by atoms with Crippen LogP contribution in [0.2, 0.25) is 0 Å². The van der Waals surface area contributed by atoms with Gasteiger partial charge in [-0.15, -0.1) is 0 Å². The lowest BCUT2D eigenvalue weighted by atomic mass is 9.89. The molecule has 0 aliphatic carbocycles. The number of hydrogen-bond acceptors (Lipinski definition) is 4. The normalized spacial score (nSPS) is 28.1. The van der Waals surface area contributed by atoms with Gasteiger partial charge < -0.3 is 16.0 Å². The highest BCUT2D eigenvalue weighted by Gasteiger charge is 2.37. The summed E-state index contributed by atoms with van der Waals surface area (Å²) in [5.74, 6) is 0.890. The lowest BCUT2D eigenvalue weighted by Gasteiger charge is -2.29. The van der Waals surface area contributed by atoms with Crippen LogP contribution in [0, 0.1) is 5.41 Å². The monoisotopic (exact) mass is 249 g/mol. The maximum Gasteiger partial charge on any atom is 0.232 e. The summed E-state index contributed by atoms with van der Waals surface area (Å²) >= 11 is 0. The molecule has 1 amide bonds. The Bertz CT molecular complexity index is 445. The average molecular weight is 249 g/mol. The molecule has 2 aliphatic heterocycles. The molecule has 1 aromatic rings. The van der Waals surface area contributed by atoms with Crippen molar-refractivity contribution < 1.29 is 4.79 Å². The molecule has 2 aliphatic rings. The van der Waals surface area contributed by atoms with Crippen LogP contribution in [0.5, 0.6) is 0 Å². The van der Waals surface area contributed by atoms with Crippen molar-refractivity contribution in [2.75, 3.05) is 31.5 Å². The number of nitrogens with zero attached hydrogens (tertiary/aromatic N) is 2. The van der Waals surface area contributed by atoms with Gasteiger partial charge in [0.25, 0.3) is 0 Å². The Morgan fingerprint density at radius 2 is 2.39 bits per heavy atom. The summed E-state index contributed by atoms with van der Waals surface area (Å²) in [6.07, 6.45) is 2.63. The van der Waals surface area contributed by atoms with Crippen molar-refractivity contribution in [3.05, 3.63) is 12.3 Å². The maximum atomic E-state index is 12.3. The molecule has 1 unspecified atom stereocenters. The van der Waals surface area contributed by atoms with Gasteiger partial charge in [0.1, 0.15) is 5.82 Å². The number of carbonyl (C=O) groups excluding carboxylic acids is 1. The number of nitrogens with one attached hydrogen (secondary N) is 3. The molecule has 6 heteroatoms. The van der Waals surface area contributed by atoms with Crippen molar-refractivity contribution in [3.63, 3.8) is 0 Å². The first kappa shape index (κ1) is 11.7. The van der Waals surface area contributed by atoms with Crippen LogP contribution in [0.4, 0.5) is 5.82 Å². The first-order valence-electron chi connectivity index (χ1n) is 6.45. The van der Waals surface area contributed by atoms with Crippen molar-refractivity contribution in [2.45, 2.75) is 19.4 Å². The highest BCUT2D eigenvalue weighted by atomic mass is 16.2. The van der Waals surface area contributed by atoms with E-state index < -0.39 is 0 Å². The van der Waals surface area contributed by atoms with Crippen LogP contribution < -0.4 is 16.0 Å². The Morgan fingerprint density at radius 3 is 3.00 bits per heavy atom. The molecule has 2 saturated heterocycles. The Balaban J connectivity index is 1.72. The van der Waals surface area contributed by atoms with E-state index >= 15 is 0 Å². The predicted molar refractivity (Wildman–Crippen MR) is 68.4 cm³/mol. The van der Waals surface area contributed by atoms with Crippen LogP contribution in [0.3, 0.4) is 0 Å². The lowest BCUT2D eigenvalue weighted by Crippen LogP contribution is -2.44. The van der Waals surface area contributed by atoms with Gasteiger partial charge in [0.2, 0.25) is 5.91 Å². The fourth-order valence-electron chi connectivity index (χ4n) is 2.43. The molecular weight excluding hydrogens is 230 g/mol. The fourth-order valence-corrected chi connectivity index (χ4v) is 2.43. The summed E-state index contributed by atoms with van der Waals surface area (Å²) in [7, 11) is 0. The zero-order valence-electron chi connectivity index (χ0n) is 10.6. The quantitative estimate of drug-likeness (QED) is 0.703. The number of rotatable bonds is 3. The van der Waals surface area contributed by atoms with Gasteiger partial charge in [-0.05, 0) is 19.9 Å². The molecule has 6 nitrogen and oxygen atoms in total. The number of amides is 1. The minimum Gasteiger partial charge on any atom is -0.316 e. The molecule has 1 aromatic heterocycles. The summed E-state index contributed by atoms with van der Waals surface area (Å²) < 4.78 is 1.90. The second-order valence-electron chi connectivity index (χ2n) is 5.41. The van der Waals surface area contributed by atoms with E-state index in [4.69, 9.17) is 0 Å². The molecule has 0 aromatic carbocycles. The molecule has 3 heterocycles. The van der Waals surface area contributed by atoms with Gasteiger partial charge in [0, 0.05) is 25.7 Å². The molecule has 2 fully saturated rings. The molecule has 1 atom stereocenters. The summed E-state index contributed by atoms with van der Waals surface area (Å²) in [6, 6.07) is 2.23. The maximum absolute atomic E-state index is 12.3. The molecule has 98 valence electrons. The molecule has 0 spiro atoms. The molecule has 18 heavy (non-hydrogen) atoms. The van der Waals surface area contributed by atoms with Crippen molar-refractivity contribution in [1.82, 2.24) is 20.4 Å². The molecule has 3 rings (SSSR count). The SMILES string of the molecule is CC1(C(=O)Nc2ccnn2C2CNC2)CCNC1. The summed E-state index contributed by atoms with van der Waals surface area (Å²) in [5.41, 5.74) is -0.299. The van der Waals surface area contributed by atoms with E-state index in [1.807, 2.05) is 17.7 Å². The van der Waals surface area contributed by atoms with Gasteiger partial charge in [-0.25, -0.2) is 4.68 Å². The largest absolute Gasteiger partial charge is 0.316 e. The van der Waals surface area contributed by atoms with Gasteiger partial charge in [-0.3, -0.25) is 4.79 Å². The van der Waals surface area contributed by atoms with Crippen LogP contribution >= 0.6 is 0 Å². The minimum atomic E-state index is -0.299. The smallest absolute Gasteiger partial charge is 0.232 e. The third-order valence-electron chi connectivity index (χ3n) is 3.93. The van der Waals surface area contributed by atoms with Gasteiger partial charge in [0.15, 0.2) is 0 Å². The van der Waals surface area contributed by atoms with Gasteiger partial charge in [0.05, 0.1) is 17.7 Å². The van der Waals surface area contributed by atoms with E-state index in [0.29, 0.717) is 6.04 Å². The third kappa shape index (κ3) is 1.91. The number of carbonyl (C=O) groups is 1. The van der Waals surface area contributed by atoms with Crippen LogP contribution in [-0.4, -0.2) is 41.9 Å². The van der Waals surface area contributed by atoms with Crippen molar-refractivity contribution in [1.29, 1.82) is 0 Å². The number of anilines is 1. The number of aromatic nitrogens is 2. The average Bonchev–Trinajstić information content (AvgIpc) is 2.87. The van der Waals surface area contributed by atoms with Crippen LogP contribution in [0.1, 0.15) is 19.4 Å². The molecule has 3 N–H and O–H groups in total. The molecular formula is C12H19N5O. The summed E-state index contributed by atoms with van der Waals surface area (Å²) in [4.78, 5) is 12.3. The van der Waals surface area contributed by atoms with Gasteiger partial charge in [-0.2, -0.15) is 5.10 Å².